The molecule has 3 heterocycles. The first-order valence-electron chi connectivity index (χ1n) is 6.51. The number of anilines is 1. The predicted octanol–water partition coefficient (Wildman–Crippen LogP) is 3.73. The predicted molar refractivity (Wildman–Crippen MR) is 83.3 cm³/mol. The smallest absolute Gasteiger partial charge is 0.138 e. The fourth-order valence-corrected chi connectivity index (χ4v) is 2.43. The molecule has 0 aliphatic rings. The van der Waals surface area contributed by atoms with Gasteiger partial charge < -0.3 is 9.88 Å². The molecule has 4 nitrogen and oxygen atoms in total. The number of H-pyrrole nitrogens is 1. The molecule has 5 heteroatoms. The highest BCUT2D eigenvalue weighted by atomic mass is 35.5. The highest BCUT2D eigenvalue weighted by Gasteiger charge is 2.12. The van der Waals surface area contributed by atoms with E-state index in [0.717, 1.165) is 34.7 Å². The maximum atomic E-state index is 6.33. The van der Waals surface area contributed by atoms with Gasteiger partial charge >= 0.3 is 0 Å². The number of aromatic nitrogens is 3. The van der Waals surface area contributed by atoms with Crippen molar-refractivity contribution in [3.8, 4) is 11.3 Å². The first kappa shape index (κ1) is 12.9. The molecule has 1 N–H and O–H groups in total. The molecule has 0 spiro atoms. The summed E-state index contributed by atoms with van der Waals surface area (Å²) in [6.07, 6.45) is 3.52. The van der Waals surface area contributed by atoms with Gasteiger partial charge in [0.2, 0.25) is 0 Å². The Morgan fingerprint density at radius 1 is 1.30 bits per heavy atom. The minimum absolute atomic E-state index is 0.612. The second-order valence-corrected chi connectivity index (χ2v) is 5.02. The van der Waals surface area contributed by atoms with Crippen LogP contribution in [0.25, 0.3) is 22.3 Å². The Morgan fingerprint density at radius 3 is 2.95 bits per heavy atom. The normalized spacial score (nSPS) is 10.9. The fraction of sp³-hybridized carbons (Fsp3) is 0.200. The van der Waals surface area contributed by atoms with E-state index >= 15 is 0 Å². The van der Waals surface area contributed by atoms with E-state index in [0.29, 0.717) is 5.02 Å². The molecule has 3 rings (SSSR count). The largest absolute Gasteiger partial charge is 0.360 e. The Labute approximate surface area is 122 Å². The van der Waals surface area contributed by atoms with E-state index in [2.05, 4.69) is 21.8 Å². The van der Waals surface area contributed by atoms with E-state index in [-0.39, 0.29) is 0 Å². The minimum Gasteiger partial charge on any atom is -0.360 e. The molecule has 0 aromatic carbocycles. The van der Waals surface area contributed by atoms with E-state index in [1.165, 1.54) is 0 Å². The monoisotopic (exact) mass is 286 g/mol. The van der Waals surface area contributed by atoms with Crippen molar-refractivity contribution in [1.29, 1.82) is 0 Å². The van der Waals surface area contributed by atoms with Gasteiger partial charge in [-0.25, -0.2) is 9.97 Å². The number of fused-ring (bicyclic) bond motifs is 1. The molecule has 3 aromatic heterocycles. The standard InChI is InChI=1S/C15H15ClN4/c1-3-20(2)13-6-4-5-12(19-13)14-10-7-8-17-15(10)18-9-11(14)16/h4-9H,3H2,1-2H3,(H,17,18). The summed E-state index contributed by atoms with van der Waals surface area (Å²) < 4.78 is 0. The molecule has 0 amide bonds. The molecule has 0 radical (unpaired) electrons. The van der Waals surface area contributed by atoms with Gasteiger partial charge in [0.15, 0.2) is 0 Å². The summed E-state index contributed by atoms with van der Waals surface area (Å²) in [5.41, 5.74) is 2.60. The zero-order chi connectivity index (χ0) is 14.1. The van der Waals surface area contributed by atoms with Crippen molar-refractivity contribution >= 4 is 28.5 Å². The van der Waals surface area contributed by atoms with E-state index in [4.69, 9.17) is 16.6 Å². The summed E-state index contributed by atoms with van der Waals surface area (Å²) in [5, 5.41) is 1.60. The molecular formula is C15H15ClN4. The van der Waals surface area contributed by atoms with Crippen LogP contribution in [0.1, 0.15) is 6.92 Å². The number of halogens is 1. The number of nitrogens with zero attached hydrogens (tertiary/aromatic N) is 3. The third-order valence-corrected chi connectivity index (χ3v) is 3.68. The first-order chi connectivity index (χ1) is 9.70. The highest BCUT2D eigenvalue weighted by Crippen LogP contribution is 2.33. The fourth-order valence-electron chi connectivity index (χ4n) is 2.18. The van der Waals surface area contributed by atoms with Crippen LogP contribution in [0.5, 0.6) is 0 Å². The Kier molecular flexibility index (Phi) is 3.32. The van der Waals surface area contributed by atoms with Gasteiger partial charge in [0.25, 0.3) is 0 Å². The zero-order valence-corrected chi connectivity index (χ0v) is 12.1. The first-order valence-corrected chi connectivity index (χ1v) is 6.88. The molecule has 20 heavy (non-hydrogen) atoms. The Balaban J connectivity index is 2.20. The van der Waals surface area contributed by atoms with Crippen molar-refractivity contribution < 1.29 is 0 Å². The highest BCUT2D eigenvalue weighted by molar-refractivity contribution is 6.34. The van der Waals surface area contributed by atoms with Crippen LogP contribution in [0.4, 0.5) is 5.82 Å². The zero-order valence-electron chi connectivity index (χ0n) is 11.4. The second-order valence-electron chi connectivity index (χ2n) is 4.62. The lowest BCUT2D eigenvalue weighted by molar-refractivity contribution is 0.940. The van der Waals surface area contributed by atoms with Crippen LogP contribution >= 0.6 is 11.6 Å². The van der Waals surface area contributed by atoms with Gasteiger partial charge in [-0.15, -0.1) is 0 Å². The number of hydrogen-bond acceptors (Lipinski definition) is 3. The average molecular weight is 287 g/mol. The quantitative estimate of drug-likeness (QED) is 0.798. The van der Waals surface area contributed by atoms with Crippen molar-refractivity contribution in [2.45, 2.75) is 6.92 Å². The molecule has 0 bridgehead atoms. The van der Waals surface area contributed by atoms with E-state index in [1.807, 2.05) is 37.5 Å². The average Bonchev–Trinajstić information content (AvgIpc) is 2.94. The van der Waals surface area contributed by atoms with Crippen LogP contribution in [-0.2, 0) is 0 Å². The van der Waals surface area contributed by atoms with Crippen LogP contribution < -0.4 is 4.90 Å². The molecule has 0 saturated heterocycles. The molecule has 0 aliphatic carbocycles. The maximum absolute atomic E-state index is 6.33. The summed E-state index contributed by atoms with van der Waals surface area (Å²) in [6.45, 7) is 3.00. The van der Waals surface area contributed by atoms with Crippen molar-refractivity contribution in [1.82, 2.24) is 15.0 Å². The van der Waals surface area contributed by atoms with Crippen molar-refractivity contribution in [2.24, 2.45) is 0 Å². The van der Waals surface area contributed by atoms with Gasteiger partial charge in [0.05, 0.1) is 10.7 Å². The van der Waals surface area contributed by atoms with Crippen LogP contribution in [0.2, 0.25) is 5.02 Å². The minimum atomic E-state index is 0.612. The second kappa shape index (κ2) is 5.13. The van der Waals surface area contributed by atoms with Gasteiger partial charge in [0, 0.05) is 36.9 Å². The third-order valence-electron chi connectivity index (χ3n) is 3.40. The van der Waals surface area contributed by atoms with Crippen LogP contribution in [0, 0.1) is 0 Å². The molecule has 0 unspecified atom stereocenters. The molecule has 0 aliphatic heterocycles. The summed E-state index contributed by atoms with van der Waals surface area (Å²) >= 11 is 6.33. The van der Waals surface area contributed by atoms with Crippen LogP contribution in [0.15, 0.2) is 36.7 Å². The van der Waals surface area contributed by atoms with Crippen molar-refractivity contribution in [3.63, 3.8) is 0 Å². The number of aromatic amines is 1. The molecular weight excluding hydrogens is 272 g/mol. The SMILES string of the molecule is CCN(C)c1cccc(-c2c(Cl)cnc3[nH]ccc23)n1. The van der Waals surface area contributed by atoms with Gasteiger partial charge in [-0.2, -0.15) is 0 Å². The summed E-state index contributed by atoms with van der Waals surface area (Å²) in [7, 11) is 2.02. The van der Waals surface area contributed by atoms with Crippen molar-refractivity contribution in [2.75, 3.05) is 18.5 Å². The lowest BCUT2D eigenvalue weighted by Crippen LogP contribution is -2.17. The van der Waals surface area contributed by atoms with E-state index in [9.17, 15) is 0 Å². The molecule has 3 aromatic rings. The van der Waals surface area contributed by atoms with Gasteiger partial charge in [-0.3, -0.25) is 0 Å². The van der Waals surface area contributed by atoms with E-state index in [1.54, 1.807) is 6.20 Å². The number of rotatable bonds is 3. The summed E-state index contributed by atoms with van der Waals surface area (Å²) in [6, 6.07) is 7.94. The van der Waals surface area contributed by atoms with Gasteiger partial charge in [-0.05, 0) is 25.1 Å². The van der Waals surface area contributed by atoms with Crippen molar-refractivity contribution in [3.05, 3.63) is 41.7 Å². The topological polar surface area (TPSA) is 44.8 Å². The molecule has 0 fully saturated rings. The van der Waals surface area contributed by atoms with E-state index < -0.39 is 0 Å². The molecule has 102 valence electrons. The van der Waals surface area contributed by atoms with Crippen LogP contribution in [0.3, 0.4) is 0 Å². The number of hydrogen-bond donors (Lipinski definition) is 1. The van der Waals surface area contributed by atoms with Gasteiger partial charge in [-0.1, -0.05) is 17.7 Å². The van der Waals surface area contributed by atoms with Crippen LogP contribution in [-0.4, -0.2) is 28.5 Å². The number of pyridine rings is 2. The maximum Gasteiger partial charge on any atom is 0.138 e. The summed E-state index contributed by atoms with van der Waals surface area (Å²) in [4.78, 5) is 14.2. The third kappa shape index (κ3) is 2.12. The lowest BCUT2D eigenvalue weighted by atomic mass is 10.1. The molecule has 0 saturated carbocycles. The Morgan fingerprint density at radius 2 is 2.15 bits per heavy atom. The summed E-state index contributed by atoms with van der Waals surface area (Å²) in [5.74, 6) is 0.932. The molecule has 0 atom stereocenters. The Bertz CT molecular complexity index is 750. The van der Waals surface area contributed by atoms with Gasteiger partial charge in [0.1, 0.15) is 11.5 Å². The number of nitrogens with one attached hydrogen (secondary N) is 1. The lowest BCUT2D eigenvalue weighted by Gasteiger charge is -2.16. The Hall–Kier alpha value is -2.07.